The minimum Gasteiger partial charge on any atom is -0.478 e. The van der Waals surface area contributed by atoms with Crippen molar-refractivity contribution in [2.75, 3.05) is 0 Å². The van der Waals surface area contributed by atoms with Crippen molar-refractivity contribution >= 4 is 18.0 Å². The molecule has 1 amide bonds. The fourth-order valence-electron chi connectivity index (χ4n) is 2.75. The highest BCUT2D eigenvalue weighted by Gasteiger charge is 2.15. The van der Waals surface area contributed by atoms with Crippen LogP contribution in [0.2, 0.25) is 0 Å². The number of hydrogen-bond acceptors (Lipinski definition) is 4. The molecule has 2 aromatic carbocycles. The highest BCUT2D eigenvalue weighted by Crippen LogP contribution is 2.24. The van der Waals surface area contributed by atoms with Crippen molar-refractivity contribution in [2.24, 2.45) is 0 Å². The number of rotatable bonds is 6. The molecule has 0 saturated heterocycles. The number of amides is 1. The molecule has 1 unspecified atom stereocenters. The van der Waals surface area contributed by atoms with Crippen LogP contribution >= 0.6 is 0 Å². The van der Waals surface area contributed by atoms with Gasteiger partial charge in [0, 0.05) is 11.6 Å². The number of aromatic carboxylic acids is 1. The standard InChI is InChI=1S/C23H18N2O4/c1-15(16-5-3-2-4-6-16)25-22(26)19(14-24)13-20-11-12-21(29-20)17-7-9-18(10-8-17)23(27)28/h2-13,15H,1H3,(H,25,26)(H,27,28). The summed E-state index contributed by atoms with van der Waals surface area (Å²) in [6.07, 6.45) is 1.38. The van der Waals surface area contributed by atoms with E-state index in [0.717, 1.165) is 5.56 Å². The summed E-state index contributed by atoms with van der Waals surface area (Å²) in [5, 5.41) is 21.1. The van der Waals surface area contributed by atoms with Gasteiger partial charge in [-0.2, -0.15) is 5.26 Å². The van der Waals surface area contributed by atoms with Gasteiger partial charge in [0.25, 0.3) is 5.91 Å². The van der Waals surface area contributed by atoms with Crippen LogP contribution in [0.1, 0.15) is 34.6 Å². The Bertz CT molecular complexity index is 1090. The second-order valence-electron chi connectivity index (χ2n) is 6.36. The molecule has 3 rings (SSSR count). The summed E-state index contributed by atoms with van der Waals surface area (Å²) in [7, 11) is 0. The van der Waals surface area contributed by atoms with Crippen LogP contribution < -0.4 is 5.32 Å². The Kier molecular flexibility index (Phi) is 5.91. The fraction of sp³-hybridized carbons (Fsp3) is 0.0870. The minimum atomic E-state index is -1.01. The Hall–Kier alpha value is -4.11. The number of nitrogens with zero attached hydrogens (tertiary/aromatic N) is 1. The first kappa shape index (κ1) is 19.6. The maximum atomic E-state index is 12.4. The van der Waals surface area contributed by atoms with Gasteiger partial charge in [-0.15, -0.1) is 0 Å². The average Bonchev–Trinajstić information content (AvgIpc) is 3.21. The molecule has 3 aromatic rings. The number of carboxylic acid groups (broad SMARTS) is 1. The summed E-state index contributed by atoms with van der Waals surface area (Å²) in [6.45, 7) is 1.84. The van der Waals surface area contributed by atoms with Crippen LogP contribution in [-0.4, -0.2) is 17.0 Å². The zero-order chi connectivity index (χ0) is 20.8. The molecule has 0 aliphatic carbocycles. The van der Waals surface area contributed by atoms with Gasteiger partial charge in [-0.1, -0.05) is 42.5 Å². The number of nitrogens with one attached hydrogen (secondary N) is 1. The number of benzene rings is 2. The lowest BCUT2D eigenvalue weighted by Crippen LogP contribution is -2.27. The van der Waals surface area contributed by atoms with Crippen molar-refractivity contribution < 1.29 is 19.1 Å². The molecule has 6 heteroatoms. The number of carboxylic acids is 1. The molecule has 1 aromatic heterocycles. The molecule has 0 fully saturated rings. The number of carbonyl (C=O) groups excluding carboxylic acids is 1. The second-order valence-corrected chi connectivity index (χ2v) is 6.36. The lowest BCUT2D eigenvalue weighted by atomic mass is 10.1. The van der Waals surface area contributed by atoms with Gasteiger partial charge < -0.3 is 14.8 Å². The highest BCUT2D eigenvalue weighted by molar-refractivity contribution is 6.01. The lowest BCUT2D eigenvalue weighted by Gasteiger charge is -2.13. The summed E-state index contributed by atoms with van der Waals surface area (Å²) in [4.78, 5) is 23.4. The minimum absolute atomic E-state index is 0.0742. The Morgan fingerprint density at radius 3 is 2.38 bits per heavy atom. The monoisotopic (exact) mass is 386 g/mol. The van der Waals surface area contributed by atoms with Gasteiger partial charge in [-0.25, -0.2) is 4.79 Å². The predicted molar refractivity (Wildman–Crippen MR) is 108 cm³/mol. The van der Waals surface area contributed by atoms with Gasteiger partial charge in [0.15, 0.2) is 0 Å². The van der Waals surface area contributed by atoms with Crippen molar-refractivity contribution in [1.82, 2.24) is 5.32 Å². The number of hydrogen-bond donors (Lipinski definition) is 2. The maximum absolute atomic E-state index is 12.4. The zero-order valence-electron chi connectivity index (χ0n) is 15.6. The van der Waals surface area contributed by atoms with Crippen molar-refractivity contribution in [3.63, 3.8) is 0 Å². The molecular formula is C23H18N2O4. The van der Waals surface area contributed by atoms with Crippen LogP contribution in [0.15, 0.2) is 76.7 Å². The number of nitriles is 1. The van der Waals surface area contributed by atoms with E-state index in [1.165, 1.54) is 18.2 Å². The third-order valence-corrected chi connectivity index (χ3v) is 4.34. The first-order valence-electron chi connectivity index (χ1n) is 8.89. The quantitative estimate of drug-likeness (QED) is 0.482. The summed E-state index contributed by atoms with van der Waals surface area (Å²) >= 11 is 0. The van der Waals surface area contributed by atoms with E-state index in [-0.39, 0.29) is 17.2 Å². The maximum Gasteiger partial charge on any atom is 0.335 e. The average molecular weight is 386 g/mol. The van der Waals surface area contributed by atoms with Crippen LogP contribution in [-0.2, 0) is 4.79 Å². The van der Waals surface area contributed by atoms with E-state index in [1.54, 1.807) is 24.3 Å². The van der Waals surface area contributed by atoms with E-state index in [9.17, 15) is 14.9 Å². The molecule has 1 atom stereocenters. The van der Waals surface area contributed by atoms with Crippen LogP contribution in [0.3, 0.4) is 0 Å². The van der Waals surface area contributed by atoms with Crippen LogP contribution in [0, 0.1) is 11.3 Å². The van der Waals surface area contributed by atoms with E-state index in [1.807, 2.05) is 43.3 Å². The summed E-state index contributed by atoms with van der Waals surface area (Å²) < 4.78 is 5.69. The Morgan fingerprint density at radius 2 is 1.76 bits per heavy atom. The molecule has 1 heterocycles. The molecule has 2 N–H and O–H groups in total. The summed E-state index contributed by atoms with van der Waals surface area (Å²) in [6, 6.07) is 20.7. The van der Waals surface area contributed by atoms with Gasteiger partial charge in [0.2, 0.25) is 0 Å². The number of carbonyl (C=O) groups is 2. The van der Waals surface area contributed by atoms with Crippen molar-refractivity contribution in [3.8, 4) is 17.4 Å². The van der Waals surface area contributed by atoms with Gasteiger partial charge in [-0.05, 0) is 36.8 Å². The van der Waals surface area contributed by atoms with Crippen LogP contribution in [0.4, 0.5) is 0 Å². The molecule has 0 spiro atoms. The largest absolute Gasteiger partial charge is 0.478 e. The second kappa shape index (κ2) is 8.72. The smallest absolute Gasteiger partial charge is 0.335 e. The summed E-state index contributed by atoms with van der Waals surface area (Å²) in [5.74, 6) is -0.647. The van der Waals surface area contributed by atoms with Gasteiger partial charge in [-0.3, -0.25) is 4.79 Å². The van der Waals surface area contributed by atoms with E-state index < -0.39 is 11.9 Å². The Morgan fingerprint density at radius 1 is 1.07 bits per heavy atom. The van der Waals surface area contributed by atoms with E-state index in [2.05, 4.69) is 5.32 Å². The molecule has 0 saturated carbocycles. The fourth-order valence-corrected chi connectivity index (χ4v) is 2.75. The van der Waals surface area contributed by atoms with Crippen molar-refractivity contribution in [2.45, 2.75) is 13.0 Å². The summed E-state index contributed by atoms with van der Waals surface area (Å²) in [5.41, 5.74) is 1.73. The van der Waals surface area contributed by atoms with Gasteiger partial charge >= 0.3 is 5.97 Å². The van der Waals surface area contributed by atoms with Gasteiger partial charge in [0.1, 0.15) is 23.2 Å². The van der Waals surface area contributed by atoms with Crippen LogP contribution in [0.5, 0.6) is 0 Å². The highest BCUT2D eigenvalue weighted by atomic mass is 16.4. The van der Waals surface area contributed by atoms with Crippen LogP contribution in [0.25, 0.3) is 17.4 Å². The molecule has 6 nitrogen and oxygen atoms in total. The van der Waals surface area contributed by atoms with Gasteiger partial charge in [0.05, 0.1) is 11.6 Å². The predicted octanol–water partition coefficient (Wildman–Crippen LogP) is 4.43. The number of furan rings is 1. The molecule has 29 heavy (non-hydrogen) atoms. The third-order valence-electron chi connectivity index (χ3n) is 4.34. The molecule has 0 bridgehead atoms. The molecule has 144 valence electrons. The lowest BCUT2D eigenvalue weighted by molar-refractivity contribution is -0.117. The first-order chi connectivity index (χ1) is 14.0. The zero-order valence-corrected chi connectivity index (χ0v) is 15.6. The molecule has 0 aliphatic rings. The molecule has 0 aliphatic heterocycles. The molecule has 0 radical (unpaired) electrons. The normalized spacial score (nSPS) is 12.1. The Balaban J connectivity index is 1.75. The van der Waals surface area contributed by atoms with E-state index in [4.69, 9.17) is 9.52 Å². The van der Waals surface area contributed by atoms with E-state index >= 15 is 0 Å². The first-order valence-corrected chi connectivity index (χ1v) is 8.89. The molecular weight excluding hydrogens is 368 g/mol. The third kappa shape index (κ3) is 4.79. The van der Waals surface area contributed by atoms with Crippen molar-refractivity contribution in [3.05, 3.63) is 89.2 Å². The Labute approximate surface area is 167 Å². The van der Waals surface area contributed by atoms with Crippen molar-refractivity contribution in [1.29, 1.82) is 5.26 Å². The van der Waals surface area contributed by atoms with E-state index in [0.29, 0.717) is 17.1 Å². The topological polar surface area (TPSA) is 103 Å². The SMILES string of the molecule is CC(NC(=O)C(C#N)=Cc1ccc(-c2ccc(C(=O)O)cc2)o1)c1ccccc1.